The minimum absolute atomic E-state index is 0.932. The van der Waals surface area contributed by atoms with Gasteiger partial charge < -0.3 is 0 Å². The van der Waals surface area contributed by atoms with Crippen LogP contribution in [0.15, 0.2) is 30.3 Å². The SMILES string of the molecule is CC.CC1CCN(Cc2ccccc2)CC1. The van der Waals surface area contributed by atoms with Gasteiger partial charge in [-0.3, -0.25) is 4.90 Å². The quantitative estimate of drug-likeness (QED) is 0.728. The van der Waals surface area contributed by atoms with Gasteiger partial charge in [0.15, 0.2) is 0 Å². The lowest BCUT2D eigenvalue weighted by atomic mass is 9.99. The third-order valence-corrected chi connectivity index (χ3v) is 3.13. The van der Waals surface area contributed by atoms with E-state index in [0.717, 1.165) is 12.5 Å². The molecule has 2 rings (SSSR count). The Hall–Kier alpha value is -0.820. The third kappa shape index (κ3) is 4.36. The van der Waals surface area contributed by atoms with E-state index < -0.39 is 0 Å². The summed E-state index contributed by atoms with van der Waals surface area (Å²) in [7, 11) is 0. The van der Waals surface area contributed by atoms with Gasteiger partial charge in [-0.2, -0.15) is 0 Å². The second-order valence-corrected chi connectivity index (χ2v) is 4.44. The zero-order valence-electron chi connectivity index (χ0n) is 10.9. The van der Waals surface area contributed by atoms with E-state index in [1.165, 1.54) is 31.5 Å². The van der Waals surface area contributed by atoms with Gasteiger partial charge in [0.2, 0.25) is 0 Å². The molecular formula is C15H25N. The summed E-state index contributed by atoms with van der Waals surface area (Å²) in [6.45, 7) is 10.0. The molecule has 0 spiro atoms. The first-order valence-electron chi connectivity index (χ1n) is 6.61. The molecule has 1 aromatic rings. The molecule has 1 heterocycles. The van der Waals surface area contributed by atoms with E-state index in [-0.39, 0.29) is 0 Å². The molecule has 0 saturated carbocycles. The van der Waals surface area contributed by atoms with E-state index in [1.54, 1.807) is 0 Å². The van der Waals surface area contributed by atoms with Gasteiger partial charge in [0, 0.05) is 6.54 Å². The summed E-state index contributed by atoms with van der Waals surface area (Å²) >= 11 is 0. The van der Waals surface area contributed by atoms with Crippen LogP contribution in [-0.2, 0) is 6.54 Å². The molecule has 1 aromatic carbocycles. The van der Waals surface area contributed by atoms with Gasteiger partial charge in [0.25, 0.3) is 0 Å². The van der Waals surface area contributed by atoms with Crippen LogP contribution >= 0.6 is 0 Å². The Morgan fingerprint density at radius 1 is 1.06 bits per heavy atom. The molecule has 0 aliphatic carbocycles. The molecule has 0 amide bonds. The zero-order valence-corrected chi connectivity index (χ0v) is 10.9. The summed E-state index contributed by atoms with van der Waals surface area (Å²) < 4.78 is 0. The highest BCUT2D eigenvalue weighted by Crippen LogP contribution is 2.17. The van der Waals surface area contributed by atoms with E-state index in [2.05, 4.69) is 42.2 Å². The van der Waals surface area contributed by atoms with Crippen molar-refractivity contribution in [3.8, 4) is 0 Å². The van der Waals surface area contributed by atoms with Crippen molar-refractivity contribution in [1.82, 2.24) is 4.90 Å². The predicted molar refractivity (Wildman–Crippen MR) is 71.5 cm³/mol. The van der Waals surface area contributed by atoms with Gasteiger partial charge in [-0.1, -0.05) is 51.1 Å². The zero-order chi connectivity index (χ0) is 11.8. The minimum Gasteiger partial charge on any atom is -0.299 e. The number of hydrogen-bond donors (Lipinski definition) is 0. The number of rotatable bonds is 2. The highest BCUT2D eigenvalue weighted by Gasteiger charge is 2.15. The van der Waals surface area contributed by atoms with E-state index >= 15 is 0 Å². The van der Waals surface area contributed by atoms with Crippen molar-refractivity contribution in [1.29, 1.82) is 0 Å². The van der Waals surface area contributed by atoms with Gasteiger partial charge in [0.1, 0.15) is 0 Å². The Morgan fingerprint density at radius 2 is 1.62 bits per heavy atom. The lowest BCUT2D eigenvalue weighted by molar-refractivity contribution is 0.185. The summed E-state index contributed by atoms with van der Waals surface area (Å²) in [4.78, 5) is 2.56. The van der Waals surface area contributed by atoms with Gasteiger partial charge >= 0.3 is 0 Å². The maximum absolute atomic E-state index is 2.56. The summed E-state index contributed by atoms with van der Waals surface area (Å²) in [5, 5.41) is 0. The average molecular weight is 219 g/mol. The van der Waals surface area contributed by atoms with E-state index in [0.29, 0.717) is 0 Å². The van der Waals surface area contributed by atoms with E-state index in [4.69, 9.17) is 0 Å². The molecule has 0 aromatic heterocycles. The van der Waals surface area contributed by atoms with Crippen molar-refractivity contribution in [3.63, 3.8) is 0 Å². The molecule has 1 heteroatoms. The Kier molecular flexibility index (Phi) is 6.17. The first kappa shape index (κ1) is 13.2. The summed E-state index contributed by atoms with van der Waals surface area (Å²) in [5.41, 5.74) is 1.45. The molecule has 0 unspecified atom stereocenters. The van der Waals surface area contributed by atoms with Crippen LogP contribution in [0, 0.1) is 5.92 Å². The van der Waals surface area contributed by atoms with Gasteiger partial charge in [-0.15, -0.1) is 0 Å². The number of hydrogen-bond acceptors (Lipinski definition) is 1. The molecule has 1 aliphatic heterocycles. The minimum atomic E-state index is 0.932. The van der Waals surface area contributed by atoms with Crippen LogP contribution < -0.4 is 0 Å². The number of likely N-dealkylation sites (tertiary alicyclic amines) is 1. The van der Waals surface area contributed by atoms with Crippen LogP contribution in [0.4, 0.5) is 0 Å². The first-order chi connectivity index (χ1) is 7.84. The van der Waals surface area contributed by atoms with Crippen molar-refractivity contribution in [2.45, 2.75) is 40.2 Å². The Labute approximate surface area is 100 Å². The number of nitrogens with zero attached hydrogens (tertiary/aromatic N) is 1. The Balaban J connectivity index is 0.000000606. The van der Waals surface area contributed by atoms with Crippen LogP contribution in [0.3, 0.4) is 0 Å². The lowest BCUT2D eigenvalue weighted by Gasteiger charge is -2.30. The number of benzene rings is 1. The second kappa shape index (κ2) is 7.45. The summed E-state index contributed by atoms with van der Waals surface area (Å²) in [5.74, 6) is 0.932. The fourth-order valence-electron chi connectivity index (χ4n) is 2.06. The maximum Gasteiger partial charge on any atom is 0.0233 e. The van der Waals surface area contributed by atoms with E-state index in [9.17, 15) is 0 Å². The van der Waals surface area contributed by atoms with Crippen LogP contribution in [0.1, 0.15) is 39.2 Å². The molecule has 1 saturated heterocycles. The smallest absolute Gasteiger partial charge is 0.0233 e. The normalized spacial score (nSPS) is 17.7. The van der Waals surface area contributed by atoms with Crippen LogP contribution in [0.25, 0.3) is 0 Å². The molecule has 1 fully saturated rings. The molecule has 0 atom stereocenters. The largest absolute Gasteiger partial charge is 0.299 e. The monoisotopic (exact) mass is 219 g/mol. The molecule has 1 nitrogen and oxygen atoms in total. The fourth-order valence-corrected chi connectivity index (χ4v) is 2.06. The molecule has 16 heavy (non-hydrogen) atoms. The van der Waals surface area contributed by atoms with Gasteiger partial charge in [-0.05, 0) is 37.4 Å². The van der Waals surface area contributed by atoms with Gasteiger partial charge in [-0.25, -0.2) is 0 Å². The second-order valence-electron chi connectivity index (χ2n) is 4.44. The molecule has 1 aliphatic rings. The third-order valence-electron chi connectivity index (χ3n) is 3.13. The number of piperidine rings is 1. The lowest BCUT2D eigenvalue weighted by Crippen LogP contribution is -2.32. The summed E-state index contributed by atoms with van der Waals surface area (Å²) in [6, 6.07) is 10.8. The maximum atomic E-state index is 2.56. The fraction of sp³-hybridized carbons (Fsp3) is 0.600. The van der Waals surface area contributed by atoms with Crippen molar-refractivity contribution >= 4 is 0 Å². The topological polar surface area (TPSA) is 3.24 Å². The van der Waals surface area contributed by atoms with Gasteiger partial charge in [0.05, 0.1) is 0 Å². The summed E-state index contributed by atoms with van der Waals surface area (Å²) in [6.07, 6.45) is 2.74. The van der Waals surface area contributed by atoms with Crippen molar-refractivity contribution < 1.29 is 0 Å². The van der Waals surface area contributed by atoms with Crippen LogP contribution in [0.2, 0.25) is 0 Å². The van der Waals surface area contributed by atoms with Crippen LogP contribution in [-0.4, -0.2) is 18.0 Å². The molecular weight excluding hydrogens is 194 g/mol. The van der Waals surface area contributed by atoms with Crippen molar-refractivity contribution in [3.05, 3.63) is 35.9 Å². The Bertz CT molecular complexity index is 260. The van der Waals surface area contributed by atoms with Crippen molar-refractivity contribution in [2.75, 3.05) is 13.1 Å². The average Bonchev–Trinajstić information content (AvgIpc) is 2.36. The van der Waals surface area contributed by atoms with E-state index in [1.807, 2.05) is 13.8 Å². The highest BCUT2D eigenvalue weighted by molar-refractivity contribution is 5.14. The van der Waals surface area contributed by atoms with Crippen LogP contribution in [0.5, 0.6) is 0 Å². The predicted octanol–water partition coefficient (Wildman–Crippen LogP) is 3.94. The molecule has 0 bridgehead atoms. The molecule has 0 radical (unpaired) electrons. The Morgan fingerprint density at radius 3 is 2.19 bits per heavy atom. The highest BCUT2D eigenvalue weighted by atomic mass is 15.1. The standard InChI is InChI=1S/C13H19N.C2H6/c1-12-7-9-14(10-8-12)11-13-5-3-2-4-6-13;1-2/h2-6,12H,7-11H2,1H3;1-2H3. The molecule has 90 valence electrons. The first-order valence-corrected chi connectivity index (χ1v) is 6.61. The molecule has 0 N–H and O–H groups in total. The van der Waals surface area contributed by atoms with Crippen molar-refractivity contribution in [2.24, 2.45) is 5.92 Å².